The van der Waals surface area contributed by atoms with E-state index in [1.165, 1.54) is 49.4 Å². The number of anilines is 1. The predicted molar refractivity (Wildman–Crippen MR) is 99.4 cm³/mol. The van der Waals surface area contributed by atoms with Crippen LogP contribution < -0.4 is 15.8 Å². The van der Waals surface area contributed by atoms with Gasteiger partial charge in [-0.15, -0.1) is 0 Å². The fourth-order valence-corrected chi connectivity index (χ4v) is 2.36. The van der Waals surface area contributed by atoms with Crippen molar-refractivity contribution in [3.05, 3.63) is 59.4 Å². The number of benzene rings is 2. The van der Waals surface area contributed by atoms with E-state index in [1.807, 2.05) is 0 Å². The van der Waals surface area contributed by atoms with Crippen LogP contribution in [0.15, 0.2) is 42.5 Å². The molecule has 0 aromatic heterocycles. The first-order valence-corrected chi connectivity index (χ1v) is 8.20. The summed E-state index contributed by atoms with van der Waals surface area (Å²) < 4.78 is 23.6. The number of hydrogen-bond acceptors (Lipinski definition) is 5. The second-order valence-corrected chi connectivity index (χ2v) is 5.86. The number of methoxy groups -OCH3 is 1. The van der Waals surface area contributed by atoms with E-state index in [4.69, 9.17) is 15.2 Å². The van der Waals surface area contributed by atoms with Gasteiger partial charge in [0.15, 0.2) is 18.2 Å². The summed E-state index contributed by atoms with van der Waals surface area (Å²) in [6.45, 7) is -0.350. The number of carbonyl (C=O) groups excluding carboxylic acids is 3. The second kappa shape index (κ2) is 9.36. The van der Waals surface area contributed by atoms with E-state index >= 15 is 0 Å². The van der Waals surface area contributed by atoms with E-state index in [-0.39, 0.29) is 17.9 Å². The molecule has 2 rings (SSSR count). The Morgan fingerprint density at radius 1 is 1.18 bits per heavy atom. The van der Waals surface area contributed by atoms with Crippen LogP contribution in [0.2, 0.25) is 0 Å². The van der Waals surface area contributed by atoms with Crippen LogP contribution in [-0.2, 0) is 16.1 Å². The number of urea groups is 1. The quantitative estimate of drug-likeness (QED) is 0.705. The third-order valence-corrected chi connectivity index (χ3v) is 3.75. The zero-order valence-electron chi connectivity index (χ0n) is 15.4. The number of esters is 1. The van der Waals surface area contributed by atoms with Gasteiger partial charge in [0.25, 0.3) is 5.91 Å². The molecule has 0 radical (unpaired) electrons. The topological polar surface area (TPSA) is 111 Å². The summed E-state index contributed by atoms with van der Waals surface area (Å²) in [5, 5.41) is 2.34. The number of hydrogen-bond donors (Lipinski definition) is 2. The third kappa shape index (κ3) is 5.70. The van der Waals surface area contributed by atoms with Gasteiger partial charge in [0.05, 0.1) is 12.7 Å². The molecule has 0 fully saturated rings. The largest absolute Gasteiger partial charge is 0.494 e. The van der Waals surface area contributed by atoms with Gasteiger partial charge < -0.3 is 25.4 Å². The number of rotatable bonds is 7. The smallest absolute Gasteiger partial charge is 0.338 e. The Hall–Kier alpha value is -3.62. The van der Waals surface area contributed by atoms with E-state index in [2.05, 4.69) is 5.32 Å². The molecule has 2 aromatic rings. The number of primary amides is 1. The SMILES string of the molecule is COc1ccc(CN(C)C(=O)COC(=O)c2cccc(NC(N)=O)c2)cc1F. The van der Waals surface area contributed by atoms with Crippen molar-refractivity contribution in [3.63, 3.8) is 0 Å². The van der Waals surface area contributed by atoms with Crippen molar-refractivity contribution in [2.45, 2.75) is 6.54 Å². The molecule has 0 aliphatic rings. The minimum Gasteiger partial charge on any atom is -0.494 e. The summed E-state index contributed by atoms with van der Waals surface area (Å²) in [7, 11) is 2.87. The average molecular weight is 389 g/mol. The van der Waals surface area contributed by atoms with E-state index < -0.39 is 30.3 Å². The first-order valence-electron chi connectivity index (χ1n) is 8.20. The summed E-state index contributed by atoms with van der Waals surface area (Å²) in [5.74, 6) is -1.61. The van der Waals surface area contributed by atoms with Gasteiger partial charge in [0, 0.05) is 19.3 Å². The second-order valence-electron chi connectivity index (χ2n) is 5.86. The lowest BCUT2D eigenvalue weighted by atomic mass is 10.2. The molecule has 0 spiro atoms. The van der Waals surface area contributed by atoms with Crippen molar-refractivity contribution in [2.75, 3.05) is 26.1 Å². The lowest BCUT2D eigenvalue weighted by molar-refractivity contribution is -0.133. The van der Waals surface area contributed by atoms with Crippen LogP contribution in [0.4, 0.5) is 14.9 Å². The molecule has 0 atom stereocenters. The summed E-state index contributed by atoms with van der Waals surface area (Å²) in [6, 6.07) is 9.54. The van der Waals surface area contributed by atoms with Crippen LogP contribution in [0.5, 0.6) is 5.75 Å². The molecule has 0 aliphatic carbocycles. The van der Waals surface area contributed by atoms with Crippen molar-refractivity contribution < 1.29 is 28.2 Å². The fraction of sp³-hybridized carbons (Fsp3) is 0.211. The zero-order chi connectivity index (χ0) is 20.7. The first-order chi connectivity index (χ1) is 13.3. The van der Waals surface area contributed by atoms with Crippen molar-refractivity contribution in [3.8, 4) is 5.75 Å². The normalized spacial score (nSPS) is 10.1. The van der Waals surface area contributed by atoms with Gasteiger partial charge >= 0.3 is 12.0 Å². The van der Waals surface area contributed by atoms with Crippen LogP contribution in [-0.4, -0.2) is 43.6 Å². The molecule has 0 saturated carbocycles. The van der Waals surface area contributed by atoms with Crippen molar-refractivity contribution in [1.82, 2.24) is 4.90 Å². The zero-order valence-corrected chi connectivity index (χ0v) is 15.4. The summed E-state index contributed by atoms with van der Waals surface area (Å²) >= 11 is 0. The maximum absolute atomic E-state index is 13.7. The summed E-state index contributed by atoms with van der Waals surface area (Å²) in [5.41, 5.74) is 6.06. The fourth-order valence-electron chi connectivity index (χ4n) is 2.36. The van der Waals surface area contributed by atoms with Crippen LogP contribution in [0.25, 0.3) is 0 Å². The molecule has 3 N–H and O–H groups in total. The molecule has 2 aromatic carbocycles. The molecule has 0 saturated heterocycles. The highest BCUT2D eigenvalue weighted by molar-refractivity contribution is 5.94. The minimum absolute atomic E-state index is 0.111. The average Bonchev–Trinajstić information content (AvgIpc) is 2.65. The van der Waals surface area contributed by atoms with Crippen LogP contribution >= 0.6 is 0 Å². The summed E-state index contributed by atoms with van der Waals surface area (Å²) in [4.78, 5) is 36.4. The van der Waals surface area contributed by atoms with Gasteiger partial charge in [-0.25, -0.2) is 14.0 Å². The van der Waals surface area contributed by atoms with Crippen molar-refractivity contribution in [2.24, 2.45) is 5.73 Å². The minimum atomic E-state index is -0.766. The van der Waals surface area contributed by atoms with Crippen LogP contribution in [0.3, 0.4) is 0 Å². The van der Waals surface area contributed by atoms with Gasteiger partial charge in [0.2, 0.25) is 0 Å². The molecule has 0 heterocycles. The third-order valence-electron chi connectivity index (χ3n) is 3.75. The summed E-state index contributed by atoms with van der Waals surface area (Å²) in [6.07, 6.45) is 0. The van der Waals surface area contributed by atoms with Gasteiger partial charge in [-0.1, -0.05) is 12.1 Å². The lowest BCUT2D eigenvalue weighted by Gasteiger charge is -2.17. The van der Waals surface area contributed by atoms with Gasteiger partial charge in [0.1, 0.15) is 0 Å². The van der Waals surface area contributed by atoms with E-state index in [1.54, 1.807) is 12.1 Å². The Bertz CT molecular complexity index is 888. The molecular weight excluding hydrogens is 369 g/mol. The monoisotopic (exact) mass is 389 g/mol. The number of nitrogens with one attached hydrogen (secondary N) is 1. The Labute approximate surface area is 161 Å². The molecule has 148 valence electrons. The lowest BCUT2D eigenvalue weighted by Crippen LogP contribution is -2.30. The highest BCUT2D eigenvalue weighted by Gasteiger charge is 2.15. The number of carbonyl (C=O) groups is 3. The van der Waals surface area contributed by atoms with Crippen molar-refractivity contribution in [1.29, 1.82) is 0 Å². The number of ether oxygens (including phenoxy) is 2. The number of halogens is 1. The van der Waals surface area contributed by atoms with Gasteiger partial charge in [-0.2, -0.15) is 0 Å². The number of nitrogens with two attached hydrogens (primary N) is 1. The van der Waals surface area contributed by atoms with Crippen molar-refractivity contribution >= 4 is 23.6 Å². The number of likely N-dealkylation sites (N-methyl/N-ethyl adjacent to an activating group) is 1. The Kier molecular flexibility index (Phi) is 6.91. The van der Waals surface area contributed by atoms with Crippen LogP contribution in [0, 0.1) is 5.82 Å². The molecule has 3 amide bonds. The standard InChI is InChI=1S/C19H20FN3O5/c1-23(10-12-6-7-16(27-2)15(20)8-12)17(24)11-28-18(25)13-4-3-5-14(9-13)22-19(21)26/h3-9H,10-11H2,1-2H3,(H3,21,22,26). The molecule has 0 unspecified atom stereocenters. The predicted octanol–water partition coefficient (Wildman–Crippen LogP) is 2.14. The maximum atomic E-state index is 13.7. The molecule has 9 heteroatoms. The first kappa shape index (κ1) is 20.7. The Balaban J connectivity index is 1.91. The Morgan fingerprint density at radius 2 is 1.93 bits per heavy atom. The molecule has 8 nitrogen and oxygen atoms in total. The maximum Gasteiger partial charge on any atom is 0.338 e. The molecule has 0 aliphatic heterocycles. The van der Waals surface area contributed by atoms with Gasteiger partial charge in [-0.05, 0) is 35.9 Å². The molecular formula is C19H20FN3O5. The molecule has 28 heavy (non-hydrogen) atoms. The molecule has 0 bridgehead atoms. The number of amides is 3. The Morgan fingerprint density at radius 3 is 2.57 bits per heavy atom. The van der Waals surface area contributed by atoms with Gasteiger partial charge in [-0.3, -0.25) is 4.79 Å². The highest BCUT2D eigenvalue weighted by atomic mass is 19.1. The number of nitrogens with zero attached hydrogens (tertiary/aromatic N) is 1. The van der Waals surface area contributed by atoms with E-state index in [0.29, 0.717) is 11.3 Å². The van der Waals surface area contributed by atoms with E-state index in [0.717, 1.165) is 0 Å². The van der Waals surface area contributed by atoms with E-state index in [9.17, 15) is 18.8 Å². The highest BCUT2D eigenvalue weighted by Crippen LogP contribution is 2.18. The van der Waals surface area contributed by atoms with Crippen LogP contribution in [0.1, 0.15) is 15.9 Å².